The number of carbonyl (C=O) groups excluding carboxylic acids is 1. The van der Waals surface area contributed by atoms with Crippen molar-refractivity contribution in [2.45, 2.75) is 12.8 Å². The summed E-state index contributed by atoms with van der Waals surface area (Å²) in [6.07, 6.45) is 0.487. The van der Waals surface area contributed by atoms with Gasteiger partial charge in [-0.1, -0.05) is 12.1 Å². The molecule has 7 heteroatoms. The van der Waals surface area contributed by atoms with Gasteiger partial charge in [0.05, 0.1) is 6.42 Å². The summed E-state index contributed by atoms with van der Waals surface area (Å²) in [6, 6.07) is 7.18. The number of amides is 1. The van der Waals surface area contributed by atoms with Gasteiger partial charge in [0.25, 0.3) is 5.56 Å². The number of hydrogen-bond donors (Lipinski definition) is 3. The van der Waals surface area contributed by atoms with Crippen LogP contribution in [-0.2, 0) is 17.6 Å². The lowest BCUT2D eigenvalue weighted by Gasteiger charge is -2.05. The maximum Gasteiger partial charge on any atom is 0.325 e. The van der Waals surface area contributed by atoms with Crippen molar-refractivity contribution in [2.75, 3.05) is 6.54 Å². The fourth-order valence-corrected chi connectivity index (χ4v) is 1.85. The van der Waals surface area contributed by atoms with E-state index in [2.05, 4.69) is 10.3 Å². The summed E-state index contributed by atoms with van der Waals surface area (Å²) < 4.78 is 12.7. The Morgan fingerprint density at radius 1 is 1.14 bits per heavy atom. The standard InChI is InChI=1S/C14H14FN3O3/c15-10-3-1-9(2-4-10)5-6-16-12(19)7-11-8-13(20)18-14(21)17-11/h1-4,8H,5-7H2,(H,16,19)(H2,17,18,20,21). The van der Waals surface area contributed by atoms with E-state index in [0.29, 0.717) is 13.0 Å². The molecule has 0 bridgehead atoms. The van der Waals surface area contributed by atoms with Crippen LogP contribution in [0.4, 0.5) is 4.39 Å². The minimum absolute atomic E-state index is 0.0808. The van der Waals surface area contributed by atoms with Crippen molar-refractivity contribution in [1.82, 2.24) is 15.3 Å². The largest absolute Gasteiger partial charge is 0.355 e. The quantitative estimate of drug-likeness (QED) is 0.729. The van der Waals surface area contributed by atoms with Crippen LogP contribution in [0, 0.1) is 5.82 Å². The van der Waals surface area contributed by atoms with Gasteiger partial charge < -0.3 is 10.3 Å². The zero-order chi connectivity index (χ0) is 15.2. The molecule has 3 N–H and O–H groups in total. The first-order chi connectivity index (χ1) is 10.0. The lowest BCUT2D eigenvalue weighted by molar-refractivity contribution is -0.120. The first-order valence-electron chi connectivity index (χ1n) is 6.36. The number of hydrogen-bond acceptors (Lipinski definition) is 3. The van der Waals surface area contributed by atoms with Gasteiger partial charge in [-0.05, 0) is 24.1 Å². The Bertz CT molecular complexity index is 706. The normalized spacial score (nSPS) is 10.3. The number of halogens is 1. The SMILES string of the molecule is O=C(Cc1cc(=O)[nH]c(=O)[nH]1)NCCc1ccc(F)cc1. The Morgan fingerprint density at radius 3 is 2.52 bits per heavy atom. The maximum absolute atomic E-state index is 12.7. The molecule has 6 nitrogen and oxygen atoms in total. The molecule has 2 aromatic rings. The van der Waals surface area contributed by atoms with Gasteiger partial charge in [-0.3, -0.25) is 14.6 Å². The summed E-state index contributed by atoms with van der Waals surface area (Å²) in [7, 11) is 0. The molecule has 0 unspecified atom stereocenters. The third-order valence-electron chi connectivity index (χ3n) is 2.82. The summed E-state index contributed by atoms with van der Waals surface area (Å²) in [5, 5.41) is 2.67. The number of carbonyl (C=O) groups is 1. The second-order valence-corrected chi connectivity index (χ2v) is 4.52. The molecule has 0 fully saturated rings. The van der Waals surface area contributed by atoms with Gasteiger partial charge in [-0.25, -0.2) is 9.18 Å². The number of rotatable bonds is 5. The molecule has 0 spiro atoms. The van der Waals surface area contributed by atoms with Crippen LogP contribution in [-0.4, -0.2) is 22.4 Å². The second kappa shape index (κ2) is 6.65. The highest BCUT2D eigenvalue weighted by atomic mass is 19.1. The van der Waals surface area contributed by atoms with E-state index in [-0.39, 0.29) is 23.8 Å². The molecule has 1 heterocycles. The van der Waals surface area contributed by atoms with Gasteiger partial charge in [-0.2, -0.15) is 0 Å². The topological polar surface area (TPSA) is 94.8 Å². The number of aromatic amines is 2. The molecule has 0 saturated heterocycles. The Kier molecular flexibility index (Phi) is 4.65. The monoisotopic (exact) mass is 291 g/mol. The van der Waals surface area contributed by atoms with Crippen molar-refractivity contribution in [3.8, 4) is 0 Å². The number of aromatic nitrogens is 2. The maximum atomic E-state index is 12.7. The highest BCUT2D eigenvalue weighted by Gasteiger charge is 2.05. The van der Waals surface area contributed by atoms with Crippen LogP contribution in [0.15, 0.2) is 39.9 Å². The van der Waals surface area contributed by atoms with E-state index in [1.807, 2.05) is 4.98 Å². The zero-order valence-electron chi connectivity index (χ0n) is 11.1. The van der Waals surface area contributed by atoms with Crippen LogP contribution in [0.3, 0.4) is 0 Å². The highest BCUT2D eigenvalue weighted by Crippen LogP contribution is 2.02. The second-order valence-electron chi connectivity index (χ2n) is 4.52. The van der Waals surface area contributed by atoms with Gasteiger partial charge >= 0.3 is 5.69 Å². The molecule has 1 amide bonds. The van der Waals surface area contributed by atoms with E-state index in [4.69, 9.17) is 0 Å². The molecule has 0 aliphatic rings. The van der Waals surface area contributed by atoms with E-state index in [1.165, 1.54) is 18.2 Å². The molecule has 0 atom stereocenters. The van der Waals surface area contributed by atoms with Crippen molar-refractivity contribution < 1.29 is 9.18 Å². The van der Waals surface area contributed by atoms with E-state index in [1.54, 1.807) is 12.1 Å². The van der Waals surface area contributed by atoms with Crippen molar-refractivity contribution >= 4 is 5.91 Å². The fraction of sp³-hybridized carbons (Fsp3) is 0.214. The van der Waals surface area contributed by atoms with E-state index in [0.717, 1.165) is 5.56 Å². The Hall–Kier alpha value is -2.70. The molecular formula is C14H14FN3O3. The highest BCUT2D eigenvalue weighted by molar-refractivity contribution is 5.78. The summed E-state index contributed by atoms with van der Waals surface area (Å²) in [4.78, 5) is 38.2. The molecule has 21 heavy (non-hydrogen) atoms. The van der Waals surface area contributed by atoms with Crippen molar-refractivity contribution in [3.05, 3.63) is 68.2 Å². The zero-order valence-corrected chi connectivity index (χ0v) is 11.1. The van der Waals surface area contributed by atoms with E-state index >= 15 is 0 Å². The van der Waals surface area contributed by atoms with Crippen LogP contribution >= 0.6 is 0 Å². The summed E-state index contributed by atoms with van der Waals surface area (Å²) in [5.74, 6) is -0.612. The van der Waals surface area contributed by atoms with Gasteiger partial charge in [0.15, 0.2) is 0 Å². The molecule has 0 saturated carbocycles. The Morgan fingerprint density at radius 2 is 1.86 bits per heavy atom. The van der Waals surface area contributed by atoms with Crippen molar-refractivity contribution in [3.63, 3.8) is 0 Å². The third kappa shape index (κ3) is 4.72. The average molecular weight is 291 g/mol. The number of H-pyrrole nitrogens is 2. The predicted molar refractivity (Wildman–Crippen MR) is 74.5 cm³/mol. The Balaban J connectivity index is 1.83. The third-order valence-corrected chi connectivity index (χ3v) is 2.82. The Labute approximate surface area is 119 Å². The van der Waals surface area contributed by atoms with Crippen LogP contribution in [0.5, 0.6) is 0 Å². The van der Waals surface area contributed by atoms with Gasteiger partial charge in [0, 0.05) is 18.3 Å². The van der Waals surface area contributed by atoms with Crippen LogP contribution in [0.1, 0.15) is 11.3 Å². The fourth-order valence-electron chi connectivity index (χ4n) is 1.85. The lowest BCUT2D eigenvalue weighted by atomic mass is 10.1. The molecule has 2 rings (SSSR count). The van der Waals surface area contributed by atoms with Gasteiger partial charge in [-0.15, -0.1) is 0 Å². The summed E-state index contributed by atoms with van der Waals surface area (Å²) in [6.45, 7) is 0.387. The van der Waals surface area contributed by atoms with Crippen LogP contribution in [0.2, 0.25) is 0 Å². The molecule has 1 aromatic heterocycles. The van der Waals surface area contributed by atoms with Crippen molar-refractivity contribution in [1.29, 1.82) is 0 Å². The minimum atomic E-state index is -0.642. The lowest BCUT2D eigenvalue weighted by Crippen LogP contribution is -2.30. The molecule has 0 radical (unpaired) electrons. The predicted octanol–water partition coefficient (Wildman–Crippen LogP) is 0.104. The number of benzene rings is 1. The summed E-state index contributed by atoms with van der Waals surface area (Å²) >= 11 is 0. The summed E-state index contributed by atoms with van der Waals surface area (Å²) in [5.41, 5.74) is -0.0335. The van der Waals surface area contributed by atoms with Crippen LogP contribution in [0.25, 0.3) is 0 Å². The molecule has 110 valence electrons. The van der Waals surface area contributed by atoms with E-state index in [9.17, 15) is 18.8 Å². The van der Waals surface area contributed by atoms with Crippen molar-refractivity contribution in [2.24, 2.45) is 0 Å². The molecule has 1 aromatic carbocycles. The first-order valence-corrected chi connectivity index (χ1v) is 6.36. The van der Waals surface area contributed by atoms with Gasteiger partial charge in [0.2, 0.25) is 5.91 Å². The molecule has 0 aliphatic carbocycles. The average Bonchev–Trinajstić information content (AvgIpc) is 2.39. The molecular weight excluding hydrogens is 277 g/mol. The minimum Gasteiger partial charge on any atom is -0.355 e. The van der Waals surface area contributed by atoms with Crippen LogP contribution < -0.4 is 16.6 Å². The molecule has 0 aliphatic heterocycles. The first kappa shape index (κ1) is 14.7. The van der Waals surface area contributed by atoms with Gasteiger partial charge in [0.1, 0.15) is 5.82 Å². The van der Waals surface area contributed by atoms with E-state index < -0.39 is 11.2 Å². The number of nitrogens with one attached hydrogen (secondary N) is 3. The smallest absolute Gasteiger partial charge is 0.325 e.